The average Bonchev–Trinajstić information content (AvgIpc) is 3.25. The first kappa shape index (κ1) is 23.0. The van der Waals surface area contributed by atoms with Gasteiger partial charge in [0.1, 0.15) is 9.88 Å². The summed E-state index contributed by atoms with van der Waals surface area (Å²) >= 11 is 1.44. The zero-order chi connectivity index (χ0) is 23.2. The number of nitrogens with zero attached hydrogens (tertiary/aromatic N) is 2. The number of benzene rings is 2. The number of carbonyl (C=O) groups is 2. The Hall–Kier alpha value is -3.19. The number of aryl methyl sites for hydroxylation is 1. The number of anilines is 1. The van der Waals surface area contributed by atoms with Gasteiger partial charge in [-0.15, -0.1) is 11.3 Å². The lowest BCUT2D eigenvalue weighted by Crippen LogP contribution is -2.41. The molecule has 0 spiro atoms. The second-order valence-electron chi connectivity index (χ2n) is 8.35. The lowest BCUT2D eigenvalue weighted by atomic mass is 9.96. The van der Waals surface area contributed by atoms with Crippen molar-refractivity contribution in [3.05, 3.63) is 70.7 Å². The van der Waals surface area contributed by atoms with Crippen molar-refractivity contribution in [2.24, 2.45) is 5.92 Å². The summed E-state index contributed by atoms with van der Waals surface area (Å²) in [5, 5.41) is 4.00. The number of hydrogen-bond donors (Lipinski definition) is 1. The predicted molar refractivity (Wildman–Crippen MR) is 132 cm³/mol. The fourth-order valence-corrected chi connectivity index (χ4v) is 5.26. The van der Waals surface area contributed by atoms with Crippen LogP contribution in [0.5, 0.6) is 0 Å². The van der Waals surface area contributed by atoms with Crippen molar-refractivity contribution in [3.8, 4) is 10.6 Å². The fourth-order valence-electron chi connectivity index (χ4n) is 4.28. The standard InChI is InChI=1S/C26H29N3O3S/c1-18-24(33-26(28-18)20-10-4-3-5-11-20)25(31)27-16-19-9-8-14-29(17-19)22-13-7-6-12-21(22)15-23(30)32-2/h3-7,10-13,19H,8-9,14-17H2,1-2H3,(H,27,31). The van der Waals surface area contributed by atoms with E-state index < -0.39 is 0 Å². The number of aromatic nitrogens is 1. The monoisotopic (exact) mass is 463 g/mol. The predicted octanol–water partition coefficient (Wildman–Crippen LogP) is 4.48. The molecule has 0 bridgehead atoms. The van der Waals surface area contributed by atoms with Gasteiger partial charge in [0.15, 0.2) is 0 Å². The van der Waals surface area contributed by atoms with E-state index in [1.54, 1.807) is 0 Å². The highest BCUT2D eigenvalue weighted by Crippen LogP contribution is 2.29. The van der Waals surface area contributed by atoms with Gasteiger partial charge in [-0.25, -0.2) is 4.98 Å². The van der Waals surface area contributed by atoms with Crippen molar-refractivity contribution in [1.29, 1.82) is 0 Å². The van der Waals surface area contributed by atoms with Crippen LogP contribution in [0, 0.1) is 12.8 Å². The topological polar surface area (TPSA) is 71.5 Å². The minimum Gasteiger partial charge on any atom is -0.469 e. The number of esters is 1. The largest absolute Gasteiger partial charge is 0.469 e. The summed E-state index contributed by atoms with van der Waals surface area (Å²) < 4.78 is 4.86. The third kappa shape index (κ3) is 5.60. The molecule has 33 heavy (non-hydrogen) atoms. The first-order chi connectivity index (χ1) is 16.0. The number of ether oxygens (including phenoxy) is 1. The van der Waals surface area contributed by atoms with Gasteiger partial charge in [0.05, 0.1) is 19.2 Å². The minimum atomic E-state index is -0.238. The van der Waals surface area contributed by atoms with Crippen LogP contribution in [-0.4, -0.2) is 43.6 Å². The molecule has 1 amide bonds. The van der Waals surface area contributed by atoms with E-state index in [-0.39, 0.29) is 18.3 Å². The minimum absolute atomic E-state index is 0.0598. The summed E-state index contributed by atoms with van der Waals surface area (Å²) in [7, 11) is 1.41. The number of thiazole rings is 1. The lowest BCUT2D eigenvalue weighted by Gasteiger charge is -2.35. The first-order valence-electron chi connectivity index (χ1n) is 11.3. The molecule has 4 rings (SSSR count). The van der Waals surface area contributed by atoms with Crippen molar-refractivity contribution in [2.75, 3.05) is 31.6 Å². The maximum Gasteiger partial charge on any atom is 0.310 e. The number of amides is 1. The van der Waals surface area contributed by atoms with Gasteiger partial charge in [-0.2, -0.15) is 0 Å². The van der Waals surface area contributed by atoms with Gasteiger partial charge in [-0.05, 0) is 37.3 Å². The quantitative estimate of drug-likeness (QED) is 0.523. The highest BCUT2D eigenvalue weighted by atomic mass is 32.1. The van der Waals surface area contributed by atoms with Crippen LogP contribution in [-0.2, 0) is 16.0 Å². The number of nitrogens with one attached hydrogen (secondary N) is 1. The molecular formula is C26H29N3O3S. The number of para-hydroxylation sites is 1. The van der Waals surface area contributed by atoms with Gasteiger partial charge in [-0.3, -0.25) is 9.59 Å². The van der Waals surface area contributed by atoms with Crippen LogP contribution in [0.25, 0.3) is 10.6 Å². The van der Waals surface area contributed by atoms with Crippen molar-refractivity contribution >= 4 is 28.9 Å². The number of piperidine rings is 1. The van der Waals surface area contributed by atoms with Crippen molar-refractivity contribution in [2.45, 2.75) is 26.2 Å². The maximum absolute atomic E-state index is 12.9. The molecule has 7 heteroatoms. The Kier molecular flexibility index (Phi) is 7.40. The summed E-state index contributed by atoms with van der Waals surface area (Å²) in [4.78, 5) is 32.3. The summed E-state index contributed by atoms with van der Waals surface area (Å²) in [6, 6.07) is 17.9. The second kappa shape index (κ2) is 10.6. The number of rotatable bonds is 7. The van der Waals surface area contributed by atoms with E-state index in [9.17, 15) is 9.59 Å². The molecule has 1 unspecified atom stereocenters. The van der Waals surface area contributed by atoms with E-state index in [0.29, 0.717) is 17.3 Å². The van der Waals surface area contributed by atoms with Crippen LogP contribution in [0.2, 0.25) is 0 Å². The van der Waals surface area contributed by atoms with Crippen LogP contribution in [0.3, 0.4) is 0 Å². The SMILES string of the molecule is COC(=O)Cc1ccccc1N1CCCC(CNC(=O)c2sc(-c3ccccc3)nc2C)C1. The molecule has 2 aromatic carbocycles. The molecule has 0 radical (unpaired) electrons. The molecule has 2 heterocycles. The Labute approximate surface area is 198 Å². The molecule has 0 aliphatic carbocycles. The third-order valence-corrected chi connectivity index (χ3v) is 7.19. The normalized spacial score (nSPS) is 15.8. The van der Waals surface area contributed by atoms with Gasteiger partial charge >= 0.3 is 5.97 Å². The molecular weight excluding hydrogens is 434 g/mol. The van der Waals surface area contributed by atoms with E-state index in [4.69, 9.17) is 4.74 Å². The average molecular weight is 464 g/mol. The van der Waals surface area contributed by atoms with E-state index >= 15 is 0 Å². The third-order valence-electron chi connectivity index (χ3n) is 5.99. The second-order valence-corrected chi connectivity index (χ2v) is 9.34. The molecule has 3 aromatic rings. The Balaban J connectivity index is 1.39. The molecule has 1 atom stereocenters. The van der Waals surface area contributed by atoms with E-state index in [0.717, 1.165) is 53.4 Å². The molecule has 6 nitrogen and oxygen atoms in total. The highest BCUT2D eigenvalue weighted by Gasteiger charge is 2.24. The maximum atomic E-state index is 12.9. The Morgan fingerprint density at radius 1 is 1.15 bits per heavy atom. The summed E-state index contributed by atoms with van der Waals surface area (Å²) in [6.45, 7) is 4.29. The zero-order valence-electron chi connectivity index (χ0n) is 19.0. The highest BCUT2D eigenvalue weighted by molar-refractivity contribution is 7.17. The van der Waals surface area contributed by atoms with Gasteiger partial charge in [-0.1, -0.05) is 48.5 Å². The summed E-state index contributed by atoms with van der Waals surface area (Å²) in [5.74, 6) is 0.0455. The van der Waals surface area contributed by atoms with Crippen LogP contribution in [0.1, 0.15) is 33.8 Å². The van der Waals surface area contributed by atoms with Gasteiger partial charge in [0, 0.05) is 30.9 Å². The molecule has 1 N–H and O–H groups in total. The van der Waals surface area contributed by atoms with Crippen LogP contribution >= 0.6 is 11.3 Å². The smallest absolute Gasteiger partial charge is 0.310 e. The van der Waals surface area contributed by atoms with Crippen molar-refractivity contribution in [1.82, 2.24) is 10.3 Å². The summed E-state index contributed by atoms with van der Waals surface area (Å²) in [5.41, 5.74) is 3.84. The first-order valence-corrected chi connectivity index (χ1v) is 12.1. The summed E-state index contributed by atoms with van der Waals surface area (Å²) in [6.07, 6.45) is 2.37. The molecule has 1 aromatic heterocycles. The van der Waals surface area contributed by atoms with Crippen LogP contribution in [0.4, 0.5) is 5.69 Å². The van der Waals surface area contributed by atoms with Crippen molar-refractivity contribution < 1.29 is 14.3 Å². The van der Waals surface area contributed by atoms with Crippen LogP contribution in [0.15, 0.2) is 54.6 Å². The Bertz CT molecular complexity index is 1110. The fraction of sp³-hybridized carbons (Fsp3) is 0.346. The number of methoxy groups -OCH3 is 1. The molecule has 1 aliphatic rings. The molecule has 0 saturated carbocycles. The van der Waals surface area contributed by atoms with E-state index in [1.165, 1.54) is 18.4 Å². The molecule has 172 valence electrons. The molecule has 1 fully saturated rings. The van der Waals surface area contributed by atoms with Crippen molar-refractivity contribution in [3.63, 3.8) is 0 Å². The van der Waals surface area contributed by atoms with Crippen LogP contribution < -0.4 is 10.2 Å². The molecule has 1 aliphatic heterocycles. The Morgan fingerprint density at radius 2 is 1.91 bits per heavy atom. The number of carbonyl (C=O) groups excluding carboxylic acids is 2. The van der Waals surface area contributed by atoms with E-state index in [1.807, 2.05) is 55.5 Å². The lowest BCUT2D eigenvalue weighted by molar-refractivity contribution is -0.139. The van der Waals surface area contributed by atoms with Gasteiger partial charge < -0.3 is 15.0 Å². The zero-order valence-corrected chi connectivity index (χ0v) is 19.9. The Morgan fingerprint density at radius 3 is 2.70 bits per heavy atom. The molecule has 1 saturated heterocycles. The van der Waals surface area contributed by atoms with E-state index in [2.05, 4.69) is 21.3 Å². The van der Waals surface area contributed by atoms with Gasteiger partial charge in [0.25, 0.3) is 5.91 Å². The van der Waals surface area contributed by atoms with Gasteiger partial charge in [0.2, 0.25) is 0 Å². The number of hydrogen-bond acceptors (Lipinski definition) is 6.